The Labute approximate surface area is 167 Å². The standard InChI is InChI=1S/C17H10ClNO6S2/c18-11-3-1-8(5-12(11)19(23)24)13-4-2-9(25-13)6-14-16(22)10(7-15(20)21)17(26)27-14/h1-6,10H,7H2,(H,20,21)/b14-6+. The van der Waals surface area contributed by atoms with Crippen LogP contribution in [0.2, 0.25) is 5.02 Å². The predicted octanol–water partition coefficient (Wildman–Crippen LogP) is 4.58. The molecule has 10 heteroatoms. The Morgan fingerprint density at radius 1 is 1.41 bits per heavy atom. The molecule has 3 rings (SSSR count). The van der Waals surface area contributed by atoms with Crippen molar-refractivity contribution in [3.8, 4) is 11.3 Å². The molecule has 1 saturated heterocycles. The number of carboxylic acid groups (broad SMARTS) is 1. The molecule has 1 aromatic carbocycles. The molecule has 0 saturated carbocycles. The highest BCUT2D eigenvalue weighted by Gasteiger charge is 2.36. The summed E-state index contributed by atoms with van der Waals surface area (Å²) >= 11 is 11.9. The van der Waals surface area contributed by atoms with Crippen molar-refractivity contribution in [1.29, 1.82) is 0 Å². The monoisotopic (exact) mass is 423 g/mol. The number of nitro groups is 1. The van der Waals surface area contributed by atoms with Crippen molar-refractivity contribution in [2.75, 3.05) is 0 Å². The number of nitrogens with zero attached hydrogens (tertiary/aromatic N) is 1. The van der Waals surface area contributed by atoms with Crippen LogP contribution in [0.3, 0.4) is 0 Å². The fourth-order valence-electron chi connectivity index (χ4n) is 2.48. The Hall–Kier alpha value is -2.49. The number of ketones is 1. The van der Waals surface area contributed by atoms with E-state index in [0.29, 0.717) is 26.2 Å². The second-order valence-corrected chi connectivity index (χ2v) is 7.76. The number of thioether (sulfide) groups is 1. The molecule has 1 unspecified atom stereocenters. The molecule has 1 aromatic heterocycles. The van der Waals surface area contributed by atoms with E-state index in [1.165, 1.54) is 18.2 Å². The zero-order chi connectivity index (χ0) is 19.7. The number of aliphatic carboxylic acids is 1. The van der Waals surface area contributed by atoms with Crippen LogP contribution in [0.5, 0.6) is 0 Å². The topological polar surface area (TPSA) is 111 Å². The highest BCUT2D eigenvalue weighted by molar-refractivity contribution is 8.27. The Bertz CT molecular complexity index is 1010. The maximum atomic E-state index is 12.3. The average molecular weight is 424 g/mol. The number of Topliss-reactive ketones (excluding diaryl/α,β-unsaturated/α-hetero) is 1. The number of allylic oxidation sites excluding steroid dienone is 1. The minimum absolute atomic E-state index is 0.0172. The van der Waals surface area contributed by atoms with Gasteiger partial charge in [-0.2, -0.15) is 0 Å². The Morgan fingerprint density at radius 3 is 2.81 bits per heavy atom. The maximum Gasteiger partial charge on any atom is 0.304 e. The quantitative estimate of drug-likeness (QED) is 0.322. The zero-order valence-corrected chi connectivity index (χ0v) is 15.8. The Balaban J connectivity index is 1.87. The molecule has 1 fully saturated rings. The van der Waals surface area contributed by atoms with Gasteiger partial charge in [-0.3, -0.25) is 19.7 Å². The summed E-state index contributed by atoms with van der Waals surface area (Å²) in [6, 6.07) is 7.49. The molecule has 1 aliphatic rings. The van der Waals surface area contributed by atoms with Crippen molar-refractivity contribution >= 4 is 63.3 Å². The highest BCUT2D eigenvalue weighted by atomic mass is 35.5. The van der Waals surface area contributed by atoms with Gasteiger partial charge < -0.3 is 9.52 Å². The van der Waals surface area contributed by atoms with Crippen LogP contribution in [0.15, 0.2) is 39.7 Å². The lowest BCUT2D eigenvalue weighted by Gasteiger charge is -2.01. The third kappa shape index (κ3) is 4.10. The number of carbonyl (C=O) groups excluding carboxylic acids is 1. The number of benzene rings is 1. The number of carboxylic acids is 1. The number of nitro benzene ring substituents is 1. The molecule has 0 aliphatic carbocycles. The number of furan rings is 1. The number of hydrogen-bond acceptors (Lipinski definition) is 7. The molecular weight excluding hydrogens is 414 g/mol. The van der Waals surface area contributed by atoms with Gasteiger partial charge in [0.1, 0.15) is 16.5 Å². The summed E-state index contributed by atoms with van der Waals surface area (Å²) in [5, 5.41) is 19.9. The maximum absolute atomic E-state index is 12.3. The zero-order valence-electron chi connectivity index (χ0n) is 13.4. The van der Waals surface area contributed by atoms with Crippen molar-refractivity contribution in [3.63, 3.8) is 0 Å². The van der Waals surface area contributed by atoms with Crippen LogP contribution < -0.4 is 0 Å². The molecule has 0 amide bonds. The molecule has 0 bridgehead atoms. The van der Waals surface area contributed by atoms with E-state index in [0.717, 1.165) is 11.8 Å². The van der Waals surface area contributed by atoms with Gasteiger partial charge in [0.2, 0.25) is 0 Å². The minimum atomic E-state index is -1.10. The number of halogens is 1. The van der Waals surface area contributed by atoms with Crippen LogP contribution in [-0.4, -0.2) is 26.0 Å². The van der Waals surface area contributed by atoms with E-state index in [-0.39, 0.29) is 22.9 Å². The van der Waals surface area contributed by atoms with Crippen LogP contribution in [-0.2, 0) is 9.59 Å². The molecule has 0 spiro atoms. The van der Waals surface area contributed by atoms with Gasteiger partial charge in [0.25, 0.3) is 5.69 Å². The van der Waals surface area contributed by atoms with E-state index in [1.54, 1.807) is 18.2 Å². The van der Waals surface area contributed by atoms with E-state index in [4.69, 9.17) is 33.3 Å². The molecular formula is C17H10ClNO6S2. The molecule has 7 nitrogen and oxygen atoms in total. The summed E-state index contributed by atoms with van der Waals surface area (Å²) < 4.78 is 5.95. The summed E-state index contributed by atoms with van der Waals surface area (Å²) in [7, 11) is 0. The van der Waals surface area contributed by atoms with Crippen LogP contribution >= 0.6 is 35.6 Å². The van der Waals surface area contributed by atoms with E-state index in [2.05, 4.69) is 0 Å². The first-order valence-corrected chi connectivity index (χ1v) is 9.10. The van der Waals surface area contributed by atoms with E-state index in [9.17, 15) is 19.7 Å². The van der Waals surface area contributed by atoms with E-state index in [1.807, 2.05) is 0 Å². The summed E-state index contributed by atoms with van der Waals surface area (Å²) in [5.41, 5.74) is 0.217. The normalized spacial score (nSPS) is 18.3. The molecule has 1 N–H and O–H groups in total. The molecule has 2 aromatic rings. The summed E-state index contributed by atoms with van der Waals surface area (Å²) in [6.45, 7) is 0. The lowest BCUT2D eigenvalue weighted by Crippen LogP contribution is -2.17. The third-order valence-electron chi connectivity index (χ3n) is 3.76. The van der Waals surface area contributed by atoms with Gasteiger partial charge in [-0.1, -0.05) is 35.6 Å². The number of carbonyl (C=O) groups is 2. The summed E-state index contributed by atoms with van der Waals surface area (Å²) in [6.07, 6.45) is 1.13. The van der Waals surface area contributed by atoms with Gasteiger partial charge >= 0.3 is 5.97 Å². The fraction of sp³-hybridized carbons (Fsp3) is 0.118. The van der Waals surface area contributed by atoms with Gasteiger partial charge in [-0.05, 0) is 30.3 Å². The van der Waals surface area contributed by atoms with Crippen molar-refractivity contribution < 1.29 is 24.0 Å². The van der Waals surface area contributed by atoms with Gasteiger partial charge in [0.05, 0.1) is 26.4 Å². The lowest BCUT2D eigenvalue weighted by atomic mass is 10.0. The minimum Gasteiger partial charge on any atom is -0.481 e. The molecule has 1 atom stereocenters. The van der Waals surface area contributed by atoms with Gasteiger partial charge in [0, 0.05) is 11.6 Å². The third-order valence-corrected chi connectivity index (χ3v) is 5.64. The van der Waals surface area contributed by atoms with Crippen molar-refractivity contribution in [2.24, 2.45) is 5.92 Å². The van der Waals surface area contributed by atoms with E-state index >= 15 is 0 Å². The van der Waals surface area contributed by atoms with Gasteiger partial charge in [-0.15, -0.1) is 0 Å². The fourth-order valence-corrected chi connectivity index (χ4v) is 4.09. The van der Waals surface area contributed by atoms with Gasteiger partial charge in [0.15, 0.2) is 5.78 Å². The van der Waals surface area contributed by atoms with Crippen LogP contribution in [0.25, 0.3) is 17.4 Å². The molecule has 0 radical (unpaired) electrons. The first kappa shape index (κ1) is 19.3. The summed E-state index contributed by atoms with van der Waals surface area (Å²) in [5.74, 6) is -1.57. The number of hydrogen-bond donors (Lipinski definition) is 1. The van der Waals surface area contributed by atoms with Crippen molar-refractivity contribution in [1.82, 2.24) is 0 Å². The first-order valence-electron chi connectivity index (χ1n) is 7.50. The number of thiocarbonyl (C=S) groups is 1. The molecule has 1 aliphatic heterocycles. The van der Waals surface area contributed by atoms with Crippen molar-refractivity contribution in [3.05, 3.63) is 56.1 Å². The number of rotatable bonds is 5. The predicted molar refractivity (Wildman–Crippen MR) is 105 cm³/mol. The lowest BCUT2D eigenvalue weighted by molar-refractivity contribution is -0.384. The van der Waals surface area contributed by atoms with Crippen LogP contribution in [0.1, 0.15) is 12.2 Å². The second kappa shape index (κ2) is 7.63. The highest BCUT2D eigenvalue weighted by Crippen LogP contribution is 2.38. The Morgan fingerprint density at radius 2 is 2.15 bits per heavy atom. The van der Waals surface area contributed by atoms with Crippen LogP contribution in [0, 0.1) is 16.0 Å². The average Bonchev–Trinajstić information content (AvgIpc) is 3.15. The van der Waals surface area contributed by atoms with Crippen molar-refractivity contribution in [2.45, 2.75) is 6.42 Å². The van der Waals surface area contributed by atoms with Gasteiger partial charge in [-0.25, -0.2) is 0 Å². The first-order chi connectivity index (χ1) is 12.8. The van der Waals surface area contributed by atoms with E-state index < -0.39 is 16.8 Å². The smallest absolute Gasteiger partial charge is 0.304 e. The molecule has 2 heterocycles. The largest absolute Gasteiger partial charge is 0.481 e. The Kier molecular flexibility index (Phi) is 5.45. The SMILES string of the molecule is O=C(O)CC1C(=O)/C(=C\c2ccc(-c3ccc(Cl)c([N+](=O)[O-])c3)o2)SC1=S. The van der Waals surface area contributed by atoms with Crippen LogP contribution in [0.4, 0.5) is 5.69 Å². The molecule has 138 valence electrons. The molecule has 27 heavy (non-hydrogen) atoms. The summed E-state index contributed by atoms with van der Waals surface area (Å²) in [4.78, 5) is 33.9. The second-order valence-electron chi connectivity index (χ2n) is 5.57.